The number of carbonyl (C=O) groups excluding carboxylic acids is 1. The molecule has 0 aromatic heterocycles. The van der Waals surface area contributed by atoms with Crippen LogP contribution in [0.5, 0.6) is 0 Å². The minimum atomic E-state index is -0.124. The molecule has 0 radical (unpaired) electrons. The second kappa shape index (κ2) is 2.97. The van der Waals surface area contributed by atoms with Crippen LogP contribution in [0.1, 0.15) is 5.56 Å². The van der Waals surface area contributed by atoms with Gasteiger partial charge in [-0.05, 0) is 12.1 Å². The van der Waals surface area contributed by atoms with Gasteiger partial charge in [-0.3, -0.25) is 9.89 Å². The molecule has 5 heteroatoms. The summed E-state index contributed by atoms with van der Waals surface area (Å²) >= 11 is 6.10. The molecule has 0 saturated carbocycles. The van der Waals surface area contributed by atoms with Gasteiger partial charge in [-0.2, -0.15) is 0 Å². The molecule has 0 bridgehead atoms. The number of nitrogens with zero attached hydrogens (tertiary/aromatic N) is 2. The SMILES string of the molecule is O=C1Nc2cccc(Cl)c2C2=NCCN12. The Hall–Kier alpha value is -1.55. The maximum Gasteiger partial charge on any atom is 0.327 e. The summed E-state index contributed by atoms with van der Waals surface area (Å²) in [4.78, 5) is 17.6. The molecule has 1 aromatic rings. The van der Waals surface area contributed by atoms with Crippen LogP contribution in [0.3, 0.4) is 0 Å². The number of amides is 2. The molecular weight excluding hydrogens is 214 g/mol. The van der Waals surface area contributed by atoms with Crippen LogP contribution in [0.15, 0.2) is 23.2 Å². The number of urea groups is 1. The van der Waals surface area contributed by atoms with Crippen molar-refractivity contribution >= 4 is 29.2 Å². The molecule has 2 amide bonds. The van der Waals surface area contributed by atoms with Crippen molar-refractivity contribution in [2.75, 3.05) is 18.4 Å². The maximum absolute atomic E-state index is 11.6. The van der Waals surface area contributed by atoms with Crippen molar-refractivity contribution in [1.29, 1.82) is 0 Å². The number of rotatable bonds is 0. The number of hydrogen-bond donors (Lipinski definition) is 1. The third-order valence-electron chi connectivity index (χ3n) is 2.56. The third kappa shape index (κ3) is 1.15. The Kier molecular flexibility index (Phi) is 1.73. The van der Waals surface area contributed by atoms with E-state index in [1.165, 1.54) is 0 Å². The van der Waals surface area contributed by atoms with Crippen LogP contribution in [0.2, 0.25) is 5.02 Å². The van der Waals surface area contributed by atoms with Crippen molar-refractivity contribution in [2.45, 2.75) is 0 Å². The molecule has 0 spiro atoms. The Labute approximate surface area is 91.5 Å². The predicted molar refractivity (Wildman–Crippen MR) is 58.6 cm³/mol. The largest absolute Gasteiger partial charge is 0.327 e. The zero-order valence-corrected chi connectivity index (χ0v) is 8.58. The van der Waals surface area contributed by atoms with Gasteiger partial charge in [0.15, 0.2) is 0 Å². The van der Waals surface area contributed by atoms with E-state index < -0.39 is 0 Å². The first-order chi connectivity index (χ1) is 7.27. The van der Waals surface area contributed by atoms with Crippen molar-refractivity contribution < 1.29 is 4.79 Å². The molecule has 0 aliphatic carbocycles. The van der Waals surface area contributed by atoms with Crippen molar-refractivity contribution in [3.05, 3.63) is 28.8 Å². The van der Waals surface area contributed by atoms with Crippen molar-refractivity contribution in [2.24, 2.45) is 4.99 Å². The smallest absolute Gasteiger partial charge is 0.307 e. The van der Waals surface area contributed by atoms with Crippen LogP contribution in [0.25, 0.3) is 0 Å². The van der Waals surface area contributed by atoms with Crippen molar-refractivity contribution in [1.82, 2.24) is 4.90 Å². The summed E-state index contributed by atoms with van der Waals surface area (Å²) < 4.78 is 0. The molecule has 4 nitrogen and oxygen atoms in total. The van der Waals surface area contributed by atoms with Crippen LogP contribution in [-0.4, -0.2) is 29.9 Å². The Balaban J connectivity index is 2.25. The molecule has 0 atom stereocenters. The van der Waals surface area contributed by atoms with Gasteiger partial charge in [0, 0.05) is 6.54 Å². The fraction of sp³-hybridized carbons (Fsp3) is 0.200. The van der Waals surface area contributed by atoms with Crippen molar-refractivity contribution in [3.63, 3.8) is 0 Å². The van der Waals surface area contributed by atoms with E-state index in [2.05, 4.69) is 10.3 Å². The van der Waals surface area contributed by atoms with Gasteiger partial charge in [0.25, 0.3) is 0 Å². The lowest BCUT2D eigenvalue weighted by atomic mass is 10.1. The maximum atomic E-state index is 11.6. The average molecular weight is 222 g/mol. The summed E-state index contributed by atoms with van der Waals surface area (Å²) in [5.74, 6) is 0.694. The molecule has 3 rings (SSSR count). The van der Waals surface area contributed by atoms with Gasteiger partial charge in [0.1, 0.15) is 5.84 Å². The van der Waals surface area contributed by atoms with E-state index in [-0.39, 0.29) is 6.03 Å². The summed E-state index contributed by atoms with van der Waals surface area (Å²) in [5.41, 5.74) is 1.57. The highest BCUT2D eigenvalue weighted by molar-refractivity contribution is 6.36. The van der Waals surface area contributed by atoms with Gasteiger partial charge < -0.3 is 5.32 Å². The summed E-state index contributed by atoms with van der Waals surface area (Å²) in [6.45, 7) is 1.28. The fourth-order valence-electron chi connectivity index (χ4n) is 1.90. The molecule has 2 aliphatic rings. The first-order valence-corrected chi connectivity index (χ1v) is 5.07. The van der Waals surface area contributed by atoms with Crippen LogP contribution >= 0.6 is 11.6 Å². The quantitative estimate of drug-likeness (QED) is 0.715. The molecule has 1 aromatic carbocycles. The van der Waals surface area contributed by atoms with Gasteiger partial charge in [-0.1, -0.05) is 17.7 Å². The van der Waals surface area contributed by atoms with Crippen LogP contribution in [-0.2, 0) is 0 Å². The first kappa shape index (κ1) is 8.73. The minimum Gasteiger partial charge on any atom is -0.307 e. The Bertz CT molecular complexity index is 484. The number of aliphatic imine (C=N–C) groups is 1. The lowest BCUT2D eigenvalue weighted by molar-refractivity contribution is 0.235. The monoisotopic (exact) mass is 221 g/mol. The van der Waals surface area contributed by atoms with E-state index in [4.69, 9.17) is 11.6 Å². The number of benzene rings is 1. The molecular formula is C10H8ClN3O. The fourth-order valence-corrected chi connectivity index (χ4v) is 2.16. The Morgan fingerprint density at radius 2 is 2.33 bits per heavy atom. The summed E-state index contributed by atoms with van der Waals surface area (Å²) in [6.07, 6.45) is 0. The number of anilines is 1. The highest BCUT2D eigenvalue weighted by atomic mass is 35.5. The van der Waals surface area contributed by atoms with Gasteiger partial charge in [0.2, 0.25) is 0 Å². The normalized spacial score (nSPS) is 18.1. The molecule has 0 unspecified atom stereocenters. The Morgan fingerprint density at radius 1 is 1.47 bits per heavy atom. The highest BCUT2D eigenvalue weighted by Gasteiger charge is 2.32. The number of amidine groups is 1. The second-order valence-electron chi connectivity index (χ2n) is 3.45. The van der Waals surface area contributed by atoms with E-state index in [1.54, 1.807) is 11.0 Å². The molecule has 2 aliphatic heterocycles. The van der Waals surface area contributed by atoms with Crippen LogP contribution in [0, 0.1) is 0 Å². The van der Waals surface area contributed by atoms with E-state index in [1.807, 2.05) is 12.1 Å². The van der Waals surface area contributed by atoms with Gasteiger partial charge in [0.05, 0.1) is 22.8 Å². The lowest BCUT2D eigenvalue weighted by Gasteiger charge is -2.26. The van der Waals surface area contributed by atoms with E-state index in [0.717, 1.165) is 11.3 Å². The number of fused-ring (bicyclic) bond motifs is 3. The van der Waals surface area contributed by atoms with E-state index in [0.29, 0.717) is 23.9 Å². The van der Waals surface area contributed by atoms with Gasteiger partial charge in [-0.25, -0.2) is 4.79 Å². The number of halogens is 1. The molecule has 0 fully saturated rings. The zero-order chi connectivity index (χ0) is 10.4. The summed E-state index contributed by atoms with van der Waals surface area (Å²) in [5, 5.41) is 3.42. The van der Waals surface area contributed by atoms with E-state index in [9.17, 15) is 4.79 Å². The lowest BCUT2D eigenvalue weighted by Crippen LogP contribution is -2.42. The molecule has 1 N–H and O–H groups in total. The number of nitrogens with one attached hydrogen (secondary N) is 1. The summed E-state index contributed by atoms with van der Waals surface area (Å²) in [6, 6.07) is 5.32. The van der Waals surface area contributed by atoms with Gasteiger partial charge >= 0.3 is 6.03 Å². The average Bonchev–Trinajstić information content (AvgIpc) is 2.66. The third-order valence-corrected chi connectivity index (χ3v) is 2.88. The summed E-state index contributed by atoms with van der Waals surface area (Å²) in [7, 11) is 0. The van der Waals surface area contributed by atoms with Gasteiger partial charge in [-0.15, -0.1) is 0 Å². The molecule has 15 heavy (non-hydrogen) atoms. The van der Waals surface area contributed by atoms with Crippen molar-refractivity contribution in [3.8, 4) is 0 Å². The standard InChI is InChI=1S/C10H8ClN3O/c11-6-2-1-3-7-8(6)9-12-4-5-14(9)10(15)13-7/h1-3H,4-5H2,(H,13,15). The second-order valence-corrected chi connectivity index (χ2v) is 3.86. The highest BCUT2D eigenvalue weighted by Crippen LogP contribution is 2.31. The first-order valence-electron chi connectivity index (χ1n) is 4.69. The zero-order valence-electron chi connectivity index (χ0n) is 7.83. The predicted octanol–water partition coefficient (Wildman–Crippen LogP) is 1.95. The number of hydrogen-bond acceptors (Lipinski definition) is 2. The molecule has 0 saturated heterocycles. The Morgan fingerprint density at radius 3 is 3.20 bits per heavy atom. The minimum absolute atomic E-state index is 0.124. The number of carbonyl (C=O) groups is 1. The molecule has 76 valence electrons. The molecule has 2 heterocycles. The van der Waals surface area contributed by atoms with E-state index >= 15 is 0 Å². The van der Waals surface area contributed by atoms with Crippen LogP contribution < -0.4 is 5.32 Å². The van der Waals surface area contributed by atoms with Crippen LogP contribution in [0.4, 0.5) is 10.5 Å². The topological polar surface area (TPSA) is 44.7 Å².